The van der Waals surface area contributed by atoms with E-state index in [-0.39, 0.29) is 16.8 Å². The smallest absolute Gasteiger partial charge is 0.255 e. The first kappa shape index (κ1) is 15.6. The number of nitrogens with zero attached hydrogens (tertiary/aromatic N) is 2. The fourth-order valence-corrected chi connectivity index (χ4v) is 2.74. The van der Waals surface area contributed by atoms with Crippen LogP contribution < -0.4 is 0 Å². The average molecular weight is 336 g/mol. The van der Waals surface area contributed by atoms with Gasteiger partial charge in [0, 0.05) is 44.1 Å². The second kappa shape index (κ2) is 6.42. The molecule has 2 aromatic rings. The fraction of sp³-hybridized carbons (Fsp3) is 0.250. The van der Waals surface area contributed by atoms with Crippen molar-refractivity contribution in [1.29, 1.82) is 0 Å². The summed E-state index contributed by atoms with van der Waals surface area (Å²) in [6.45, 7) is 1.79. The van der Waals surface area contributed by atoms with Crippen molar-refractivity contribution in [2.45, 2.75) is 0 Å². The number of halogens is 2. The quantitative estimate of drug-likeness (QED) is 0.916. The second-order valence-corrected chi connectivity index (χ2v) is 5.72. The van der Waals surface area contributed by atoms with Crippen LogP contribution in [0.25, 0.3) is 0 Å². The number of piperazine rings is 1. The van der Waals surface area contributed by atoms with E-state index in [9.17, 15) is 14.0 Å². The molecule has 120 valence electrons. The molecule has 1 N–H and O–H groups in total. The van der Waals surface area contributed by atoms with Crippen LogP contribution in [0.5, 0.6) is 0 Å². The maximum absolute atomic E-state index is 13.2. The lowest BCUT2D eigenvalue weighted by molar-refractivity contribution is 0.0535. The summed E-state index contributed by atoms with van der Waals surface area (Å²) in [7, 11) is 0. The minimum Gasteiger partial charge on any atom is -0.367 e. The van der Waals surface area contributed by atoms with Crippen molar-refractivity contribution in [2.75, 3.05) is 26.2 Å². The summed E-state index contributed by atoms with van der Waals surface area (Å²) in [6.07, 6.45) is 3.35. The molecule has 0 bridgehead atoms. The van der Waals surface area contributed by atoms with Crippen molar-refractivity contribution >= 4 is 23.4 Å². The molecule has 5 nitrogen and oxygen atoms in total. The molecule has 1 aromatic carbocycles. The molecule has 23 heavy (non-hydrogen) atoms. The van der Waals surface area contributed by atoms with E-state index in [1.165, 1.54) is 18.2 Å². The Kier molecular flexibility index (Phi) is 4.34. The van der Waals surface area contributed by atoms with Gasteiger partial charge >= 0.3 is 0 Å². The number of aromatic nitrogens is 1. The Bertz CT molecular complexity index is 725. The zero-order valence-corrected chi connectivity index (χ0v) is 13.0. The Morgan fingerprint density at radius 2 is 1.61 bits per heavy atom. The summed E-state index contributed by atoms with van der Waals surface area (Å²) in [6, 6.07) is 5.65. The number of hydrogen-bond donors (Lipinski definition) is 1. The average Bonchev–Trinajstić information content (AvgIpc) is 3.11. The number of H-pyrrole nitrogens is 1. The fourth-order valence-electron chi connectivity index (χ4n) is 2.56. The lowest BCUT2D eigenvalue weighted by atomic mass is 10.1. The third-order valence-corrected chi connectivity index (χ3v) is 4.16. The molecule has 0 aliphatic carbocycles. The van der Waals surface area contributed by atoms with Crippen molar-refractivity contribution in [2.24, 2.45) is 0 Å². The Morgan fingerprint density at radius 3 is 2.13 bits per heavy atom. The molecule has 1 fully saturated rings. The third-order valence-electron chi connectivity index (χ3n) is 3.87. The summed E-state index contributed by atoms with van der Waals surface area (Å²) in [5.74, 6) is -0.811. The number of carbonyl (C=O) groups is 2. The van der Waals surface area contributed by atoms with Gasteiger partial charge in [-0.15, -0.1) is 0 Å². The lowest BCUT2D eigenvalue weighted by Gasteiger charge is -2.34. The van der Waals surface area contributed by atoms with Crippen molar-refractivity contribution < 1.29 is 14.0 Å². The van der Waals surface area contributed by atoms with Crippen LogP contribution in [0, 0.1) is 5.82 Å². The summed E-state index contributed by atoms with van der Waals surface area (Å²) >= 11 is 5.72. The van der Waals surface area contributed by atoms with Gasteiger partial charge in [-0.25, -0.2) is 4.39 Å². The van der Waals surface area contributed by atoms with Gasteiger partial charge in [0.1, 0.15) is 5.82 Å². The highest BCUT2D eigenvalue weighted by atomic mass is 35.5. The van der Waals surface area contributed by atoms with Crippen molar-refractivity contribution in [3.05, 3.63) is 58.6 Å². The predicted octanol–water partition coefficient (Wildman–Crippen LogP) is 2.41. The molecule has 3 rings (SSSR count). The normalized spacial score (nSPS) is 14.9. The Labute approximate surface area is 137 Å². The SMILES string of the molecule is O=C(c1cc[nH]c1)N1CCN(C(=O)c2ccc(F)c(Cl)c2)CC1. The van der Waals surface area contributed by atoms with E-state index in [2.05, 4.69) is 4.98 Å². The van der Waals surface area contributed by atoms with E-state index in [0.717, 1.165) is 0 Å². The van der Waals surface area contributed by atoms with E-state index in [4.69, 9.17) is 11.6 Å². The molecule has 1 aliphatic rings. The predicted molar refractivity (Wildman–Crippen MR) is 84.0 cm³/mol. The molecule has 0 atom stereocenters. The minimum atomic E-state index is -0.551. The highest BCUT2D eigenvalue weighted by Crippen LogP contribution is 2.18. The van der Waals surface area contributed by atoms with Gasteiger partial charge in [-0.1, -0.05) is 11.6 Å². The molecule has 2 amide bonds. The molecular weight excluding hydrogens is 321 g/mol. The summed E-state index contributed by atoms with van der Waals surface area (Å²) in [4.78, 5) is 30.8. The topological polar surface area (TPSA) is 56.4 Å². The van der Waals surface area contributed by atoms with E-state index in [1.807, 2.05) is 0 Å². The molecule has 1 aromatic heterocycles. The van der Waals surface area contributed by atoms with Gasteiger partial charge in [-0.05, 0) is 24.3 Å². The highest BCUT2D eigenvalue weighted by Gasteiger charge is 2.25. The van der Waals surface area contributed by atoms with Crippen LogP contribution in [0.2, 0.25) is 5.02 Å². The Balaban J connectivity index is 1.63. The molecule has 7 heteroatoms. The van der Waals surface area contributed by atoms with Gasteiger partial charge < -0.3 is 14.8 Å². The Hall–Kier alpha value is -2.34. The van der Waals surface area contributed by atoms with Gasteiger partial charge in [-0.2, -0.15) is 0 Å². The van der Waals surface area contributed by atoms with E-state index >= 15 is 0 Å². The van der Waals surface area contributed by atoms with Crippen LogP contribution in [-0.4, -0.2) is 52.8 Å². The first-order valence-corrected chi connectivity index (χ1v) is 7.60. The van der Waals surface area contributed by atoms with Crippen molar-refractivity contribution in [3.8, 4) is 0 Å². The number of aromatic amines is 1. The largest absolute Gasteiger partial charge is 0.367 e. The van der Waals surface area contributed by atoms with E-state index in [0.29, 0.717) is 37.3 Å². The Morgan fingerprint density at radius 1 is 1.00 bits per heavy atom. The van der Waals surface area contributed by atoms with Gasteiger partial charge in [0.15, 0.2) is 0 Å². The summed E-state index contributed by atoms with van der Waals surface area (Å²) in [5.41, 5.74) is 0.955. The molecule has 1 aliphatic heterocycles. The van der Waals surface area contributed by atoms with Gasteiger partial charge in [0.25, 0.3) is 11.8 Å². The molecular formula is C16H15ClFN3O2. The zero-order valence-electron chi connectivity index (χ0n) is 12.3. The highest BCUT2D eigenvalue weighted by molar-refractivity contribution is 6.31. The van der Waals surface area contributed by atoms with E-state index < -0.39 is 5.82 Å². The minimum absolute atomic E-state index is 0.0526. The first-order valence-electron chi connectivity index (χ1n) is 7.22. The molecule has 0 saturated carbocycles. The molecule has 2 heterocycles. The second-order valence-electron chi connectivity index (χ2n) is 5.31. The number of amides is 2. The van der Waals surface area contributed by atoms with Gasteiger partial charge in [-0.3, -0.25) is 9.59 Å². The van der Waals surface area contributed by atoms with Crippen molar-refractivity contribution in [1.82, 2.24) is 14.8 Å². The van der Waals surface area contributed by atoms with Gasteiger partial charge in [0.05, 0.1) is 10.6 Å². The van der Waals surface area contributed by atoms with Crippen LogP contribution in [-0.2, 0) is 0 Å². The standard InChI is InChI=1S/C16H15ClFN3O2/c17-13-9-11(1-2-14(13)18)15(22)20-5-7-21(8-6-20)16(23)12-3-4-19-10-12/h1-4,9-10,19H,5-8H2. The summed E-state index contributed by atoms with van der Waals surface area (Å²) < 4.78 is 13.2. The monoisotopic (exact) mass is 335 g/mol. The molecule has 1 saturated heterocycles. The van der Waals surface area contributed by atoms with Crippen molar-refractivity contribution in [3.63, 3.8) is 0 Å². The van der Waals surface area contributed by atoms with Crippen LogP contribution in [0.15, 0.2) is 36.7 Å². The maximum Gasteiger partial charge on any atom is 0.255 e. The van der Waals surface area contributed by atoms with Crippen LogP contribution in [0.1, 0.15) is 20.7 Å². The van der Waals surface area contributed by atoms with Crippen LogP contribution in [0.3, 0.4) is 0 Å². The van der Waals surface area contributed by atoms with Crippen LogP contribution >= 0.6 is 11.6 Å². The summed E-state index contributed by atoms with van der Waals surface area (Å²) in [5, 5.41) is -0.0721. The number of carbonyl (C=O) groups excluding carboxylic acids is 2. The maximum atomic E-state index is 13.2. The molecule has 0 spiro atoms. The number of rotatable bonds is 2. The molecule has 0 unspecified atom stereocenters. The number of hydrogen-bond acceptors (Lipinski definition) is 2. The first-order chi connectivity index (χ1) is 11.1. The third kappa shape index (κ3) is 3.22. The van der Waals surface area contributed by atoms with E-state index in [1.54, 1.807) is 28.3 Å². The van der Waals surface area contributed by atoms with Crippen LogP contribution in [0.4, 0.5) is 4.39 Å². The molecule has 0 radical (unpaired) electrons. The number of nitrogens with one attached hydrogen (secondary N) is 1. The number of benzene rings is 1. The lowest BCUT2D eigenvalue weighted by Crippen LogP contribution is -2.50. The zero-order chi connectivity index (χ0) is 16.4. The van der Waals surface area contributed by atoms with Gasteiger partial charge in [0.2, 0.25) is 0 Å².